The highest BCUT2D eigenvalue weighted by atomic mass is 16.5. The van der Waals surface area contributed by atoms with Gasteiger partial charge in [-0.1, -0.05) is 19.9 Å². The van der Waals surface area contributed by atoms with Crippen LogP contribution in [0.1, 0.15) is 43.7 Å². The average Bonchev–Trinajstić information content (AvgIpc) is 3.15. The van der Waals surface area contributed by atoms with Crippen LogP contribution in [-0.4, -0.2) is 43.7 Å². The van der Waals surface area contributed by atoms with Crippen molar-refractivity contribution in [3.63, 3.8) is 0 Å². The fraction of sp³-hybridized carbons (Fsp3) is 0.632. The fourth-order valence-electron chi connectivity index (χ4n) is 3.74. The lowest BCUT2D eigenvalue weighted by Crippen LogP contribution is -2.35. The number of rotatable bonds is 4. The summed E-state index contributed by atoms with van der Waals surface area (Å²) in [6, 6.07) is 6.09. The van der Waals surface area contributed by atoms with Crippen molar-refractivity contribution in [3.8, 4) is 5.75 Å². The third-order valence-electron chi connectivity index (χ3n) is 5.20. The van der Waals surface area contributed by atoms with Gasteiger partial charge < -0.3 is 14.4 Å². The zero-order valence-corrected chi connectivity index (χ0v) is 14.4. The molecule has 126 valence electrons. The maximum Gasteiger partial charge on any atom is 0.260 e. The van der Waals surface area contributed by atoms with Gasteiger partial charge in [0.15, 0.2) is 6.61 Å². The van der Waals surface area contributed by atoms with Crippen LogP contribution in [0.25, 0.3) is 0 Å². The lowest BCUT2D eigenvalue weighted by molar-refractivity contribution is -0.132. The molecular formula is C19H27NO3. The minimum atomic E-state index is 0.0827. The van der Waals surface area contributed by atoms with Gasteiger partial charge in [-0.25, -0.2) is 0 Å². The predicted molar refractivity (Wildman–Crippen MR) is 89.8 cm³/mol. The average molecular weight is 317 g/mol. The van der Waals surface area contributed by atoms with E-state index in [1.54, 1.807) is 0 Å². The summed E-state index contributed by atoms with van der Waals surface area (Å²) in [5, 5.41) is 0. The van der Waals surface area contributed by atoms with Gasteiger partial charge in [-0.2, -0.15) is 0 Å². The van der Waals surface area contributed by atoms with Crippen LogP contribution in [-0.2, 0) is 9.53 Å². The molecular weight excluding hydrogens is 290 g/mol. The SMILES string of the molecule is Cc1cc(OCC(=O)N2CC[C@]3(CCOC3)C2)ccc1C(C)C. The molecule has 1 aromatic rings. The summed E-state index contributed by atoms with van der Waals surface area (Å²) in [7, 11) is 0. The molecule has 2 saturated heterocycles. The molecule has 1 atom stereocenters. The Hall–Kier alpha value is -1.55. The summed E-state index contributed by atoms with van der Waals surface area (Å²) >= 11 is 0. The Morgan fingerprint density at radius 1 is 1.39 bits per heavy atom. The highest BCUT2D eigenvalue weighted by molar-refractivity contribution is 5.78. The molecule has 0 aliphatic carbocycles. The van der Waals surface area contributed by atoms with Crippen LogP contribution in [0.5, 0.6) is 5.75 Å². The minimum absolute atomic E-state index is 0.0827. The molecule has 1 spiro atoms. The zero-order chi connectivity index (χ0) is 16.4. The first-order chi connectivity index (χ1) is 11.0. The molecule has 0 radical (unpaired) electrons. The van der Waals surface area contributed by atoms with Gasteiger partial charge >= 0.3 is 0 Å². The van der Waals surface area contributed by atoms with Gasteiger partial charge in [0.25, 0.3) is 5.91 Å². The normalized spacial score (nSPS) is 23.9. The number of nitrogens with zero attached hydrogens (tertiary/aromatic N) is 1. The smallest absolute Gasteiger partial charge is 0.260 e. The van der Waals surface area contributed by atoms with Crippen LogP contribution >= 0.6 is 0 Å². The van der Waals surface area contributed by atoms with E-state index in [1.165, 1.54) is 11.1 Å². The maximum atomic E-state index is 12.4. The highest BCUT2D eigenvalue weighted by Gasteiger charge is 2.42. The lowest BCUT2D eigenvalue weighted by atomic mass is 9.87. The molecule has 1 aromatic carbocycles. The second-order valence-electron chi connectivity index (χ2n) is 7.33. The summed E-state index contributed by atoms with van der Waals surface area (Å²) in [6.45, 7) is 9.86. The van der Waals surface area contributed by atoms with E-state index in [-0.39, 0.29) is 17.9 Å². The summed E-state index contributed by atoms with van der Waals surface area (Å²) in [5.41, 5.74) is 2.75. The number of aryl methyl sites for hydroxylation is 1. The molecule has 2 aliphatic rings. The Morgan fingerprint density at radius 2 is 2.22 bits per heavy atom. The van der Waals surface area contributed by atoms with Crippen molar-refractivity contribution >= 4 is 5.91 Å². The quantitative estimate of drug-likeness (QED) is 0.856. The standard InChI is InChI=1S/C19H27NO3/c1-14(2)17-5-4-16(10-15(17)3)23-11-18(21)20-8-6-19(12-20)7-9-22-13-19/h4-5,10,14H,6-9,11-13H2,1-3H3/t19-/m0/s1. The molecule has 4 heteroatoms. The predicted octanol–water partition coefficient (Wildman–Crippen LogP) is 3.14. The summed E-state index contributed by atoms with van der Waals surface area (Å²) in [5.74, 6) is 1.36. The Balaban J connectivity index is 1.54. The number of hydrogen-bond donors (Lipinski definition) is 0. The highest BCUT2D eigenvalue weighted by Crippen LogP contribution is 2.38. The van der Waals surface area contributed by atoms with Crippen molar-refractivity contribution < 1.29 is 14.3 Å². The first kappa shape index (κ1) is 16.3. The Bertz CT molecular complexity index is 576. The van der Waals surface area contributed by atoms with Gasteiger partial charge in [-0.15, -0.1) is 0 Å². The first-order valence-electron chi connectivity index (χ1n) is 8.58. The molecule has 0 unspecified atom stereocenters. The topological polar surface area (TPSA) is 38.8 Å². The van der Waals surface area contributed by atoms with E-state index in [1.807, 2.05) is 17.0 Å². The van der Waals surface area contributed by atoms with Crippen molar-refractivity contribution in [2.75, 3.05) is 32.9 Å². The summed E-state index contributed by atoms with van der Waals surface area (Å²) in [6.07, 6.45) is 2.13. The van der Waals surface area contributed by atoms with Gasteiger partial charge in [0.2, 0.25) is 0 Å². The van der Waals surface area contributed by atoms with E-state index in [9.17, 15) is 4.79 Å². The largest absolute Gasteiger partial charge is 0.484 e. The van der Waals surface area contributed by atoms with Crippen LogP contribution in [0.2, 0.25) is 0 Å². The van der Waals surface area contributed by atoms with Gasteiger partial charge in [0.05, 0.1) is 6.61 Å². The molecule has 23 heavy (non-hydrogen) atoms. The zero-order valence-electron chi connectivity index (χ0n) is 14.4. The fourth-order valence-corrected chi connectivity index (χ4v) is 3.74. The van der Waals surface area contributed by atoms with E-state index in [2.05, 4.69) is 26.8 Å². The third-order valence-corrected chi connectivity index (χ3v) is 5.20. The molecule has 0 N–H and O–H groups in total. The van der Waals surface area contributed by atoms with Gasteiger partial charge in [0.1, 0.15) is 5.75 Å². The summed E-state index contributed by atoms with van der Waals surface area (Å²) in [4.78, 5) is 14.3. The lowest BCUT2D eigenvalue weighted by Gasteiger charge is -2.22. The Morgan fingerprint density at radius 3 is 2.87 bits per heavy atom. The monoisotopic (exact) mass is 317 g/mol. The number of benzene rings is 1. The van der Waals surface area contributed by atoms with Crippen molar-refractivity contribution in [2.45, 2.75) is 39.5 Å². The molecule has 0 bridgehead atoms. The Labute approximate surface area is 138 Å². The van der Waals surface area contributed by atoms with Crippen molar-refractivity contribution in [1.29, 1.82) is 0 Å². The Kier molecular flexibility index (Phi) is 4.62. The van der Waals surface area contributed by atoms with E-state index >= 15 is 0 Å². The second kappa shape index (κ2) is 6.52. The molecule has 4 nitrogen and oxygen atoms in total. The van der Waals surface area contributed by atoms with Gasteiger partial charge in [-0.05, 0) is 48.9 Å². The molecule has 1 amide bonds. The number of carbonyl (C=O) groups is 1. The molecule has 3 rings (SSSR count). The van der Waals surface area contributed by atoms with Crippen LogP contribution in [0, 0.1) is 12.3 Å². The van der Waals surface area contributed by atoms with E-state index in [0.29, 0.717) is 5.92 Å². The van der Waals surface area contributed by atoms with Crippen LogP contribution < -0.4 is 4.74 Å². The van der Waals surface area contributed by atoms with Crippen LogP contribution in [0.15, 0.2) is 18.2 Å². The molecule has 2 fully saturated rings. The molecule has 0 aromatic heterocycles. The summed E-state index contributed by atoms with van der Waals surface area (Å²) < 4.78 is 11.2. The van der Waals surface area contributed by atoms with Crippen molar-refractivity contribution in [3.05, 3.63) is 29.3 Å². The number of ether oxygens (including phenoxy) is 2. The van der Waals surface area contributed by atoms with Gasteiger partial charge in [-0.3, -0.25) is 4.79 Å². The second-order valence-corrected chi connectivity index (χ2v) is 7.33. The van der Waals surface area contributed by atoms with E-state index < -0.39 is 0 Å². The number of amides is 1. The number of likely N-dealkylation sites (tertiary alicyclic amines) is 1. The van der Waals surface area contributed by atoms with Crippen molar-refractivity contribution in [1.82, 2.24) is 4.90 Å². The minimum Gasteiger partial charge on any atom is -0.484 e. The molecule has 2 aliphatic heterocycles. The molecule has 0 saturated carbocycles. The number of hydrogen-bond acceptors (Lipinski definition) is 3. The van der Waals surface area contributed by atoms with E-state index in [0.717, 1.165) is 44.9 Å². The first-order valence-corrected chi connectivity index (χ1v) is 8.58. The van der Waals surface area contributed by atoms with Crippen LogP contribution in [0.4, 0.5) is 0 Å². The van der Waals surface area contributed by atoms with Gasteiger partial charge in [0, 0.05) is 25.1 Å². The van der Waals surface area contributed by atoms with E-state index in [4.69, 9.17) is 9.47 Å². The third kappa shape index (κ3) is 3.52. The van der Waals surface area contributed by atoms with Crippen molar-refractivity contribution in [2.24, 2.45) is 5.41 Å². The maximum absolute atomic E-state index is 12.4. The number of carbonyl (C=O) groups excluding carboxylic acids is 1. The molecule has 2 heterocycles. The van der Waals surface area contributed by atoms with Crippen LogP contribution in [0.3, 0.4) is 0 Å².